The number of thiophene rings is 1. The minimum Gasteiger partial charge on any atom is -0.352 e. The topological polar surface area (TPSA) is 41.1 Å². The fourth-order valence-corrected chi connectivity index (χ4v) is 3.45. The quantitative estimate of drug-likeness (QED) is 0.895. The number of piperidine rings is 1. The number of halogens is 1. The van der Waals surface area contributed by atoms with Gasteiger partial charge in [0, 0.05) is 33.7 Å². The van der Waals surface area contributed by atoms with E-state index >= 15 is 0 Å². The lowest BCUT2D eigenvalue weighted by Gasteiger charge is -2.23. The van der Waals surface area contributed by atoms with E-state index in [-0.39, 0.29) is 5.91 Å². The summed E-state index contributed by atoms with van der Waals surface area (Å²) in [7, 11) is 0. The average Bonchev–Trinajstić information content (AvgIpc) is 2.74. The third-order valence-corrected chi connectivity index (χ3v) is 4.64. The third kappa shape index (κ3) is 4.41. The van der Waals surface area contributed by atoms with Crippen molar-refractivity contribution in [1.29, 1.82) is 0 Å². The Balaban J connectivity index is 1.70. The van der Waals surface area contributed by atoms with Crippen molar-refractivity contribution >= 4 is 33.2 Å². The highest BCUT2D eigenvalue weighted by atomic mass is 79.9. The van der Waals surface area contributed by atoms with Gasteiger partial charge in [0.25, 0.3) is 0 Å². The second-order valence-corrected chi connectivity index (χ2v) is 6.25. The number of amides is 1. The van der Waals surface area contributed by atoms with Crippen LogP contribution < -0.4 is 10.6 Å². The van der Waals surface area contributed by atoms with Gasteiger partial charge in [0.05, 0.1) is 0 Å². The molecule has 1 atom stereocenters. The maximum absolute atomic E-state index is 11.7. The van der Waals surface area contributed by atoms with E-state index in [1.54, 1.807) is 11.3 Å². The van der Waals surface area contributed by atoms with Crippen LogP contribution in [0, 0.1) is 0 Å². The summed E-state index contributed by atoms with van der Waals surface area (Å²) in [5.74, 6) is 0.170. The molecule has 0 aromatic carbocycles. The first-order valence-electron chi connectivity index (χ1n) is 5.97. The van der Waals surface area contributed by atoms with Gasteiger partial charge in [-0.3, -0.25) is 4.79 Å². The maximum Gasteiger partial charge on any atom is 0.220 e. The molecule has 1 aliphatic rings. The molecular formula is C12H17BrN2OS. The van der Waals surface area contributed by atoms with E-state index in [1.807, 2.05) is 0 Å². The van der Waals surface area contributed by atoms with Crippen LogP contribution in [0.15, 0.2) is 15.9 Å². The highest BCUT2D eigenvalue weighted by Gasteiger charge is 2.15. The van der Waals surface area contributed by atoms with Crippen LogP contribution >= 0.6 is 27.3 Å². The molecule has 2 heterocycles. The van der Waals surface area contributed by atoms with Crippen molar-refractivity contribution in [3.8, 4) is 0 Å². The van der Waals surface area contributed by atoms with E-state index in [9.17, 15) is 4.79 Å². The maximum atomic E-state index is 11.7. The van der Waals surface area contributed by atoms with Crippen molar-refractivity contribution < 1.29 is 4.79 Å². The number of carbonyl (C=O) groups excluding carboxylic acids is 1. The Morgan fingerprint density at radius 3 is 3.18 bits per heavy atom. The number of hydrogen-bond acceptors (Lipinski definition) is 3. The summed E-state index contributed by atoms with van der Waals surface area (Å²) in [4.78, 5) is 13.0. The van der Waals surface area contributed by atoms with Gasteiger partial charge in [0.1, 0.15) is 0 Å². The molecule has 94 valence electrons. The first-order valence-corrected chi connectivity index (χ1v) is 7.64. The van der Waals surface area contributed by atoms with Crippen LogP contribution in [-0.4, -0.2) is 25.0 Å². The lowest BCUT2D eigenvalue weighted by molar-refractivity contribution is -0.121. The molecule has 1 aromatic heterocycles. The number of aryl methyl sites for hydroxylation is 1. The molecule has 2 N–H and O–H groups in total. The predicted molar refractivity (Wildman–Crippen MR) is 74.4 cm³/mol. The lowest BCUT2D eigenvalue weighted by atomic mass is 10.1. The Bertz CT molecular complexity index is 374. The Hall–Kier alpha value is -0.390. The average molecular weight is 317 g/mol. The summed E-state index contributed by atoms with van der Waals surface area (Å²) < 4.78 is 1.11. The molecule has 0 bridgehead atoms. The van der Waals surface area contributed by atoms with Crippen molar-refractivity contribution in [1.82, 2.24) is 10.6 Å². The molecule has 0 spiro atoms. The van der Waals surface area contributed by atoms with Crippen LogP contribution in [0.5, 0.6) is 0 Å². The minimum atomic E-state index is 0.170. The first-order chi connectivity index (χ1) is 8.24. The van der Waals surface area contributed by atoms with E-state index in [0.29, 0.717) is 12.5 Å². The van der Waals surface area contributed by atoms with Crippen LogP contribution in [0.1, 0.15) is 24.1 Å². The molecular weight excluding hydrogens is 300 g/mol. The van der Waals surface area contributed by atoms with Gasteiger partial charge in [0.15, 0.2) is 0 Å². The van der Waals surface area contributed by atoms with E-state index in [1.165, 1.54) is 4.88 Å². The number of nitrogens with one attached hydrogen (secondary N) is 2. The monoisotopic (exact) mass is 316 g/mol. The Labute approximate surface area is 114 Å². The molecule has 1 aliphatic heterocycles. The second-order valence-electron chi connectivity index (χ2n) is 4.34. The molecule has 1 aromatic rings. The van der Waals surface area contributed by atoms with Crippen molar-refractivity contribution in [2.24, 2.45) is 0 Å². The summed E-state index contributed by atoms with van der Waals surface area (Å²) in [6.07, 6.45) is 3.68. The van der Waals surface area contributed by atoms with Crippen molar-refractivity contribution in [3.63, 3.8) is 0 Å². The number of rotatable bonds is 4. The first kappa shape index (κ1) is 13.1. The van der Waals surface area contributed by atoms with Gasteiger partial charge in [-0.1, -0.05) is 0 Å². The molecule has 1 saturated heterocycles. The van der Waals surface area contributed by atoms with E-state index in [0.717, 1.165) is 36.8 Å². The van der Waals surface area contributed by atoms with E-state index in [2.05, 4.69) is 38.0 Å². The van der Waals surface area contributed by atoms with Crippen molar-refractivity contribution in [2.45, 2.75) is 31.7 Å². The summed E-state index contributed by atoms with van der Waals surface area (Å²) >= 11 is 5.12. The number of carbonyl (C=O) groups is 1. The lowest BCUT2D eigenvalue weighted by Crippen LogP contribution is -2.45. The zero-order valence-electron chi connectivity index (χ0n) is 9.67. The van der Waals surface area contributed by atoms with E-state index < -0.39 is 0 Å². The molecule has 2 rings (SSSR count). The van der Waals surface area contributed by atoms with Gasteiger partial charge in [-0.2, -0.15) is 0 Å². The normalized spacial score (nSPS) is 20.2. The summed E-state index contributed by atoms with van der Waals surface area (Å²) in [6, 6.07) is 2.41. The largest absolute Gasteiger partial charge is 0.352 e. The number of hydrogen-bond donors (Lipinski definition) is 2. The van der Waals surface area contributed by atoms with Gasteiger partial charge >= 0.3 is 0 Å². The summed E-state index contributed by atoms with van der Waals surface area (Å²) in [5.41, 5.74) is 0. The molecule has 0 aliphatic carbocycles. The Kier molecular flexibility index (Phi) is 5.00. The SMILES string of the molecule is O=C(CCc1cc(Br)cs1)N[C@H]1CCCNC1. The Morgan fingerprint density at radius 1 is 1.65 bits per heavy atom. The summed E-state index contributed by atoms with van der Waals surface area (Å²) in [6.45, 7) is 1.99. The van der Waals surface area contributed by atoms with Gasteiger partial charge in [-0.05, 0) is 47.8 Å². The molecule has 0 unspecified atom stereocenters. The Morgan fingerprint density at radius 2 is 2.53 bits per heavy atom. The molecule has 1 amide bonds. The molecule has 0 saturated carbocycles. The van der Waals surface area contributed by atoms with Crippen LogP contribution in [-0.2, 0) is 11.2 Å². The van der Waals surface area contributed by atoms with Crippen molar-refractivity contribution in [3.05, 3.63) is 20.8 Å². The molecule has 17 heavy (non-hydrogen) atoms. The van der Waals surface area contributed by atoms with E-state index in [4.69, 9.17) is 0 Å². The van der Waals surface area contributed by atoms with Crippen LogP contribution in [0.4, 0.5) is 0 Å². The standard InChI is InChI=1S/C12H17BrN2OS/c13-9-6-11(17-8-9)3-4-12(16)15-10-2-1-5-14-7-10/h6,8,10,14H,1-5,7H2,(H,15,16)/t10-/m0/s1. The fourth-order valence-electron chi connectivity index (χ4n) is 2.00. The van der Waals surface area contributed by atoms with Crippen LogP contribution in [0.3, 0.4) is 0 Å². The third-order valence-electron chi connectivity index (χ3n) is 2.88. The zero-order chi connectivity index (χ0) is 12.1. The predicted octanol–water partition coefficient (Wildman–Crippen LogP) is 2.31. The van der Waals surface area contributed by atoms with Crippen molar-refractivity contribution in [2.75, 3.05) is 13.1 Å². The molecule has 5 heteroatoms. The second kappa shape index (κ2) is 6.52. The molecule has 0 radical (unpaired) electrons. The molecule has 3 nitrogen and oxygen atoms in total. The van der Waals surface area contributed by atoms with Crippen LogP contribution in [0.25, 0.3) is 0 Å². The highest BCUT2D eigenvalue weighted by Crippen LogP contribution is 2.20. The smallest absolute Gasteiger partial charge is 0.220 e. The summed E-state index contributed by atoms with van der Waals surface area (Å²) in [5, 5.41) is 8.44. The van der Waals surface area contributed by atoms with Gasteiger partial charge < -0.3 is 10.6 Å². The van der Waals surface area contributed by atoms with Gasteiger partial charge in [-0.25, -0.2) is 0 Å². The van der Waals surface area contributed by atoms with Gasteiger partial charge in [-0.15, -0.1) is 11.3 Å². The minimum absolute atomic E-state index is 0.170. The van der Waals surface area contributed by atoms with Gasteiger partial charge in [0.2, 0.25) is 5.91 Å². The highest BCUT2D eigenvalue weighted by molar-refractivity contribution is 9.10. The van der Waals surface area contributed by atoms with Crippen LogP contribution in [0.2, 0.25) is 0 Å². The zero-order valence-corrected chi connectivity index (χ0v) is 12.1. The molecule has 1 fully saturated rings. The fraction of sp³-hybridized carbons (Fsp3) is 0.583.